The fraction of sp³-hybridized carbons (Fsp3) is 0.462. The van der Waals surface area contributed by atoms with E-state index < -0.39 is 22.6 Å². The Morgan fingerprint density at radius 3 is 2.25 bits per heavy atom. The van der Waals surface area contributed by atoms with Crippen LogP contribution in [0.25, 0.3) is 0 Å². The summed E-state index contributed by atoms with van der Waals surface area (Å²) in [5, 5.41) is 10.4. The minimum atomic E-state index is -4.23. The second-order valence-corrected chi connectivity index (χ2v) is 6.24. The maximum absolute atomic E-state index is 12.1. The molecule has 0 aromatic heterocycles. The second kappa shape index (κ2) is 10.0. The molecule has 0 bridgehead atoms. The summed E-state index contributed by atoms with van der Waals surface area (Å²) in [6.45, 7) is 2.20. The molecule has 0 radical (unpaired) electrons. The van der Waals surface area contributed by atoms with Crippen LogP contribution in [0.2, 0.25) is 0 Å². The summed E-state index contributed by atoms with van der Waals surface area (Å²) < 4.78 is 58.6. The number of nitrogens with zero attached hydrogens (tertiary/aromatic N) is 1. The van der Waals surface area contributed by atoms with Gasteiger partial charge in [0.05, 0.1) is 17.9 Å². The van der Waals surface area contributed by atoms with Crippen LogP contribution < -0.4 is 15.8 Å². The number of benzene rings is 1. The molecule has 0 aliphatic rings. The van der Waals surface area contributed by atoms with Gasteiger partial charge in [-0.05, 0) is 24.6 Å². The van der Waals surface area contributed by atoms with Crippen LogP contribution in [-0.2, 0) is 16.6 Å². The highest BCUT2D eigenvalue weighted by molar-refractivity contribution is 14.0. The monoisotopic (exact) mass is 480 g/mol. The molecule has 0 heterocycles. The van der Waals surface area contributed by atoms with Crippen molar-refractivity contribution in [3.63, 3.8) is 0 Å². The van der Waals surface area contributed by atoms with E-state index in [2.05, 4.69) is 15.6 Å². The number of aliphatic imine (C=N–C) groups is 1. The molecule has 11 heteroatoms. The van der Waals surface area contributed by atoms with Crippen LogP contribution in [0.1, 0.15) is 18.9 Å². The number of hydrogen-bond donors (Lipinski definition) is 3. The number of guanidine groups is 1. The van der Waals surface area contributed by atoms with Crippen LogP contribution in [0.5, 0.6) is 0 Å². The number of hydrogen-bond acceptors (Lipinski definition) is 3. The molecule has 0 unspecified atom stereocenters. The molecule has 0 fully saturated rings. The van der Waals surface area contributed by atoms with Crippen molar-refractivity contribution in [2.75, 3.05) is 13.1 Å². The lowest BCUT2D eigenvalue weighted by atomic mass is 10.2. The van der Waals surface area contributed by atoms with Gasteiger partial charge in [-0.1, -0.05) is 12.1 Å². The molecule has 1 aromatic carbocycles. The maximum Gasteiger partial charge on any atom is 0.390 e. The molecule has 1 rings (SSSR count). The van der Waals surface area contributed by atoms with Crippen molar-refractivity contribution >= 4 is 40.0 Å². The normalized spacial score (nSPS) is 12.5. The van der Waals surface area contributed by atoms with Gasteiger partial charge in [-0.2, -0.15) is 13.2 Å². The van der Waals surface area contributed by atoms with Crippen LogP contribution in [0, 0.1) is 0 Å². The minimum absolute atomic E-state index is 0. The van der Waals surface area contributed by atoms with E-state index in [0.717, 1.165) is 0 Å². The van der Waals surface area contributed by atoms with Crippen LogP contribution in [0.4, 0.5) is 13.2 Å². The summed E-state index contributed by atoms with van der Waals surface area (Å²) in [5.41, 5.74) is 0.699. The zero-order chi connectivity index (χ0) is 17.5. The van der Waals surface area contributed by atoms with Crippen molar-refractivity contribution in [3.8, 4) is 0 Å². The average Bonchev–Trinajstić information content (AvgIpc) is 2.43. The Morgan fingerprint density at radius 2 is 1.79 bits per heavy atom. The van der Waals surface area contributed by atoms with Gasteiger partial charge in [0.25, 0.3) is 0 Å². The fourth-order valence-electron chi connectivity index (χ4n) is 1.62. The standard InChI is InChI=1S/C13H19F3N4O2S.HI/c1-2-18-12(19-8-7-13(14,15)16)20-9-10-3-5-11(6-4-10)23(17,21)22;/h3-6H,2,7-9H2,1H3,(H2,17,21,22)(H2,18,19,20);1H. The third-order valence-electron chi connectivity index (χ3n) is 2.72. The van der Waals surface area contributed by atoms with Gasteiger partial charge in [-0.25, -0.2) is 18.5 Å². The number of nitrogens with one attached hydrogen (secondary N) is 2. The van der Waals surface area contributed by atoms with E-state index >= 15 is 0 Å². The Bertz CT molecular complexity index is 634. The molecule has 0 aliphatic heterocycles. The van der Waals surface area contributed by atoms with E-state index in [0.29, 0.717) is 12.1 Å². The molecular formula is C13H20F3IN4O2S. The van der Waals surface area contributed by atoms with Gasteiger partial charge in [0.1, 0.15) is 0 Å². The second-order valence-electron chi connectivity index (χ2n) is 4.68. The van der Waals surface area contributed by atoms with E-state index in [1.54, 1.807) is 19.1 Å². The highest BCUT2D eigenvalue weighted by Gasteiger charge is 2.26. The van der Waals surface area contributed by atoms with Crippen molar-refractivity contribution in [1.29, 1.82) is 0 Å². The van der Waals surface area contributed by atoms with Gasteiger partial charge >= 0.3 is 6.18 Å². The van der Waals surface area contributed by atoms with Gasteiger partial charge in [0, 0.05) is 13.1 Å². The molecule has 1 aromatic rings. The third kappa shape index (κ3) is 9.27. The number of alkyl halides is 3. The van der Waals surface area contributed by atoms with Crippen molar-refractivity contribution in [2.24, 2.45) is 10.1 Å². The Hall–Kier alpha value is -1.08. The number of nitrogens with two attached hydrogens (primary N) is 1. The first-order chi connectivity index (χ1) is 10.6. The molecule has 0 amide bonds. The van der Waals surface area contributed by atoms with E-state index in [4.69, 9.17) is 5.14 Å². The zero-order valence-electron chi connectivity index (χ0n) is 12.9. The van der Waals surface area contributed by atoms with E-state index in [1.165, 1.54) is 12.1 Å². The molecule has 4 N–H and O–H groups in total. The number of halogens is 4. The van der Waals surface area contributed by atoms with Crippen molar-refractivity contribution in [3.05, 3.63) is 29.8 Å². The lowest BCUT2D eigenvalue weighted by molar-refractivity contribution is -0.132. The van der Waals surface area contributed by atoms with Gasteiger partial charge in [-0.15, -0.1) is 24.0 Å². The van der Waals surface area contributed by atoms with Crippen LogP contribution in [0.3, 0.4) is 0 Å². The summed E-state index contributed by atoms with van der Waals surface area (Å²) in [6.07, 6.45) is -5.19. The first-order valence-corrected chi connectivity index (χ1v) is 8.37. The molecule has 6 nitrogen and oxygen atoms in total. The van der Waals surface area contributed by atoms with E-state index in [-0.39, 0.29) is 47.9 Å². The number of primary sulfonamides is 1. The summed E-state index contributed by atoms with van der Waals surface area (Å²) >= 11 is 0. The first kappa shape index (κ1) is 22.9. The Balaban J connectivity index is 0.00000529. The van der Waals surface area contributed by atoms with Crippen molar-refractivity contribution in [1.82, 2.24) is 10.6 Å². The summed E-state index contributed by atoms with van der Waals surface area (Å²) in [6, 6.07) is 5.79. The predicted molar refractivity (Wildman–Crippen MR) is 96.7 cm³/mol. The van der Waals surface area contributed by atoms with E-state index in [9.17, 15) is 21.6 Å². The molecule has 24 heavy (non-hydrogen) atoms. The summed E-state index contributed by atoms with van der Waals surface area (Å²) in [7, 11) is -3.75. The molecular weight excluding hydrogens is 460 g/mol. The minimum Gasteiger partial charge on any atom is -0.357 e. The Labute approximate surface area is 156 Å². The topological polar surface area (TPSA) is 96.6 Å². The Morgan fingerprint density at radius 1 is 1.21 bits per heavy atom. The SMILES string of the molecule is CCNC(=NCc1ccc(S(N)(=O)=O)cc1)NCCC(F)(F)F.I. The van der Waals surface area contributed by atoms with E-state index in [1.807, 2.05) is 0 Å². The molecule has 0 saturated heterocycles. The van der Waals surface area contributed by atoms with Gasteiger partial charge in [-0.3, -0.25) is 0 Å². The average molecular weight is 480 g/mol. The van der Waals surface area contributed by atoms with Gasteiger partial charge in [0.15, 0.2) is 5.96 Å². The van der Waals surface area contributed by atoms with Crippen LogP contribution in [-0.4, -0.2) is 33.6 Å². The Kier molecular flexibility index (Phi) is 9.58. The van der Waals surface area contributed by atoms with Crippen LogP contribution >= 0.6 is 24.0 Å². The largest absolute Gasteiger partial charge is 0.390 e. The highest BCUT2D eigenvalue weighted by Crippen LogP contribution is 2.18. The fourth-order valence-corrected chi connectivity index (χ4v) is 2.13. The lowest BCUT2D eigenvalue weighted by Crippen LogP contribution is -2.38. The quantitative estimate of drug-likeness (QED) is 0.330. The molecule has 0 aliphatic carbocycles. The highest BCUT2D eigenvalue weighted by atomic mass is 127. The van der Waals surface area contributed by atoms with Crippen molar-refractivity contribution < 1.29 is 21.6 Å². The van der Waals surface area contributed by atoms with Crippen LogP contribution in [0.15, 0.2) is 34.2 Å². The summed E-state index contributed by atoms with van der Waals surface area (Å²) in [4.78, 5) is 4.13. The zero-order valence-corrected chi connectivity index (χ0v) is 16.1. The smallest absolute Gasteiger partial charge is 0.357 e. The molecule has 138 valence electrons. The predicted octanol–water partition coefficient (Wildman–Crippen LogP) is 1.96. The number of rotatable bonds is 6. The van der Waals surface area contributed by atoms with Crippen molar-refractivity contribution in [2.45, 2.75) is 31.0 Å². The summed E-state index contributed by atoms with van der Waals surface area (Å²) in [5.74, 6) is 0.257. The maximum atomic E-state index is 12.1. The lowest BCUT2D eigenvalue weighted by Gasteiger charge is -2.12. The third-order valence-corrected chi connectivity index (χ3v) is 3.65. The number of sulfonamides is 1. The molecule has 0 atom stereocenters. The first-order valence-electron chi connectivity index (χ1n) is 6.82. The van der Waals surface area contributed by atoms with Gasteiger partial charge < -0.3 is 10.6 Å². The molecule has 0 spiro atoms. The van der Waals surface area contributed by atoms with Gasteiger partial charge in [0.2, 0.25) is 10.0 Å². The molecule has 0 saturated carbocycles.